The Labute approximate surface area is 403 Å². The number of unbranched alkanes of at least 4 members (excludes halogenated alkanes) is 35. The summed E-state index contributed by atoms with van der Waals surface area (Å²) < 4.78 is 30.2. The Morgan fingerprint density at radius 2 is 0.877 bits per heavy atom. The lowest BCUT2D eigenvalue weighted by atomic mass is 10.0. The summed E-state index contributed by atoms with van der Waals surface area (Å²) in [6, 6.07) is -0.877. The molecule has 0 aromatic heterocycles. The fraction of sp³-hybridized carbons (Fsp3) is 0.927. The van der Waals surface area contributed by atoms with Gasteiger partial charge < -0.3 is 28.5 Å². The van der Waals surface area contributed by atoms with E-state index in [2.05, 4.69) is 26.1 Å². The van der Waals surface area contributed by atoms with Gasteiger partial charge in [0.15, 0.2) is 0 Å². The molecule has 0 radical (unpaired) electrons. The second kappa shape index (κ2) is 46.5. The Kier molecular flexibility index (Phi) is 45.6. The fourth-order valence-corrected chi connectivity index (χ4v) is 9.07. The SMILES string of the molecule is CCCCCCCCCCCC/C=C/C(OC(=O)CCCCCCCCCCCCCCC)C(COP(=O)([O-])OCC[N+](C)(C)C)NC(=O)CCCCCCCCCCCCCCCC. The largest absolute Gasteiger partial charge is 0.756 e. The van der Waals surface area contributed by atoms with Gasteiger partial charge in [-0.3, -0.25) is 14.2 Å². The van der Waals surface area contributed by atoms with Crippen molar-refractivity contribution >= 4 is 19.7 Å². The molecule has 0 saturated heterocycles. The highest BCUT2D eigenvalue weighted by Crippen LogP contribution is 2.38. The summed E-state index contributed by atoms with van der Waals surface area (Å²) in [6.45, 7) is 6.86. The van der Waals surface area contributed by atoms with Crippen LogP contribution in [0.5, 0.6) is 0 Å². The number of ether oxygens (including phenoxy) is 1. The lowest BCUT2D eigenvalue weighted by Gasteiger charge is -2.30. The van der Waals surface area contributed by atoms with E-state index in [0.29, 0.717) is 17.4 Å². The van der Waals surface area contributed by atoms with Gasteiger partial charge in [-0.05, 0) is 31.8 Å². The molecule has 0 aliphatic carbocycles. The van der Waals surface area contributed by atoms with Gasteiger partial charge in [0.25, 0.3) is 7.82 Å². The molecule has 3 unspecified atom stereocenters. The van der Waals surface area contributed by atoms with Gasteiger partial charge in [-0.1, -0.05) is 245 Å². The van der Waals surface area contributed by atoms with Crippen molar-refractivity contribution in [3.63, 3.8) is 0 Å². The van der Waals surface area contributed by atoms with E-state index in [9.17, 15) is 19.0 Å². The van der Waals surface area contributed by atoms with Gasteiger partial charge in [0.2, 0.25) is 5.91 Å². The summed E-state index contributed by atoms with van der Waals surface area (Å²) in [7, 11) is 1.20. The summed E-state index contributed by atoms with van der Waals surface area (Å²) in [5.74, 6) is -0.526. The molecule has 0 heterocycles. The molecule has 0 aromatic rings. The lowest BCUT2D eigenvalue weighted by Crippen LogP contribution is -2.47. The zero-order valence-corrected chi connectivity index (χ0v) is 44.9. The molecule has 0 fully saturated rings. The standard InChI is InChI=1S/C55H109N2O7P/c1-7-10-13-16-19-22-25-28-30-32-35-38-41-44-47-54(58)56-52(51-63-65(60,61)62-50-49-57(4,5)6)53(46-43-40-37-34-31-27-24-21-18-15-12-9-3)64-55(59)48-45-42-39-36-33-29-26-23-20-17-14-11-8-2/h43,46,52-53H,7-42,44-45,47-51H2,1-6H3,(H-,56,58,60,61)/b46-43+. The van der Waals surface area contributed by atoms with E-state index < -0.39 is 20.0 Å². The van der Waals surface area contributed by atoms with Crippen LogP contribution >= 0.6 is 7.82 Å². The van der Waals surface area contributed by atoms with Crippen molar-refractivity contribution in [3.05, 3.63) is 12.2 Å². The van der Waals surface area contributed by atoms with Crippen LogP contribution in [0.4, 0.5) is 0 Å². The Morgan fingerprint density at radius 3 is 1.26 bits per heavy atom. The molecule has 1 amide bonds. The van der Waals surface area contributed by atoms with E-state index in [-0.39, 0.29) is 31.5 Å². The van der Waals surface area contributed by atoms with Crippen LogP contribution in [0.25, 0.3) is 0 Å². The number of esters is 1. The van der Waals surface area contributed by atoms with E-state index >= 15 is 0 Å². The smallest absolute Gasteiger partial charge is 0.306 e. The van der Waals surface area contributed by atoms with Gasteiger partial charge in [0, 0.05) is 12.8 Å². The first kappa shape index (κ1) is 63.8. The second-order valence-corrected chi connectivity index (χ2v) is 21.9. The van der Waals surface area contributed by atoms with Crippen LogP contribution < -0.4 is 10.2 Å². The lowest BCUT2D eigenvalue weighted by molar-refractivity contribution is -0.870. The third-order valence-electron chi connectivity index (χ3n) is 12.7. The van der Waals surface area contributed by atoms with Crippen molar-refractivity contribution in [3.8, 4) is 0 Å². The zero-order chi connectivity index (χ0) is 48.0. The van der Waals surface area contributed by atoms with Gasteiger partial charge in [-0.15, -0.1) is 0 Å². The average Bonchev–Trinajstić information content (AvgIpc) is 3.26. The molecule has 0 aliphatic rings. The van der Waals surface area contributed by atoms with Gasteiger partial charge in [-0.25, -0.2) is 0 Å². The number of carbonyl (C=O) groups is 2. The summed E-state index contributed by atoms with van der Waals surface area (Å²) in [5.41, 5.74) is 0. The Bertz CT molecular complexity index is 1130. The first-order chi connectivity index (χ1) is 31.4. The van der Waals surface area contributed by atoms with E-state index in [1.54, 1.807) is 0 Å². The van der Waals surface area contributed by atoms with Crippen molar-refractivity contribution in [2.45, 2.75) is 290 Å². The highest BCUT2D eigenvalue weighted by molar-refractivity contribution is 7.45. The molecular formula is C55H109N2O7P. The van der Waals surface area contributed by atoms with E-state index in [1.165, 1.54) is 186 Å². The molecule has 0 spiro atoms. The second-order valence-electron chi connectivity index (χ2n) is 20.5. The Morgan fingerprint density at radius 1 is 0.523 bits per heavy atom. The molecule has 0 bridgehead atoms. The third kappa shape index (κ3) is 47.6. The maximum atomic E-state index is 13.4. The highest BCUT2D eigenvalue weighted by Gasteiger charge is 2.27. The Hall–Kier alpha value is -1.25. The molecule has 3 atom stereocenters. The molecule has 0 aromatic carbocycles. The van der Waals surface area contributed by atoms with Gasteiger partial charge >= 0.3 is 5.97 Å². The molecule has 10 heteroatoms. The molecule has 386 valence electrons. The van der Waals surface area contributed by atoms with E-state index in [1.807, 2.05) is 33.3 Å². The number of phosphoric acid groups is 1. The highest BCUT2D eigenvalue weighted by atomic mass is 31.2. The van der Waals surface area contributed by atoms with Crippen LogP contribution in [0.3, 0.4) is 0 Å². The number of nitrogens with one attached hydrogen (secondary N) is 1. The summed E-state index contributed by atoms with van der Waals surface area (Å²) in [5, 5.41) is 3.02. The predicted octanol–water partition coefficient (Wildman–Crippen LogP) is 15.8. The minimum Gasteiger partial charge on any atom is -0.756 e. The van der Waals surface area contributed by atoms with E-state index in [4.69, 9.17) is 13.8 Å². The number of carbonyl (C=O) groups excluding carboxylic acids is 2. The number of likely N-dealkylation sites (N-methyl/N-ethyl adjacent to an activating group) is 1. The zero-order valence-electron chi connectivity index (χ0n) is 44.0. The molecule has 0 aliphatic heterocycles. The number of phosphoric ester groups is 1. The normalized spacial score (nSPS) is 13.9. The van der Waals surface area contributed by atoms with Crippen molar-refractivity contribution in [2.24, 2.45) is 0 Å². The van der Waals surface area contributed by atoms with Crippen molar-refractivity contribution in [1.29, 1.82) is 0 Å². The molecular weight excluding hydrogens is 832 g/mol. The summed E-state index contributed by atoms with van der Waals surface area (Å²) >= 11 is 0. The molecule has 1 N–H and O–H groups in total. The topological polar surface area (TPSA) is 114 Å². The van der Waals surface area contributed by atoms with Crippen molar-refractivity contribution < 1.29 is 37.3 Å². The third-order valence-corrected chi connectivity index (χ3v) is 13.7. The van der Waals surface area contributed by atoms with Crippen LogP contribution in [0.2, 0.25) is 0 Å². The number of hydrogen-bond acceptors (Lipinski definition) is 7. The van der Waals surface area contributed by atoms with Gasteiger partial charge in [0.1, 0.15) is 19.3 Å². The number of nitrogens with zero attached hydrogens (tertiary/aromatic N) is 1. The first-order valence-corrected chi connectivity index (χ1v) is 29.5. The summed E-state index contributed by atoms with van der Waals surface area (Å²) in [4.78, 5) is 39.7. The number of amides is 1. The van der Waals surface area contributed by atoms with Crippen LogP contribution in [0, 0.1) is 0 Å². The van der Waals surface area contributed by atoms with Crippen LogP contribution in [0.1, 0.15) is 278 Å². The molecule has 0 saturated carbocycles. The molecule has 65 heavy (non-hydrogen) atoms. The molecule has 9 nitrogen and oxygen atoms in total. The minimum atomic E-state index is -4.68. The quantitative estimate of drug-likeness (QED) is 0.0212. The number of rotatable bonds is 51. The van der Waals surface area contributed by atoms with Crippen LogP contribution in [-0.4, -0.2) is 69.4 Å². The maximum absolute atomic E-state index is 13.4. The Balaban J connectivity index is 5.35. The van der Waals surface area contributed by atoms with Crippen LogP contribution in [0.15, 0.2) is 12.2 Å². The first-order valence-electron chi connectivity index (χ1n) is 28.0. The van der Waals surface area contributed by atoms with Crippen molar-refractivity contribution in [2.75, 3.05) is 40.9 Å². The van der Waals surface area contributed by atoms with Gasteiger partial charge in [-0.2, -0.15) is 0 Å². The number of hydrogen-bond donors (Lipinski definition) is 1. The van der Waals surface area contributed by atoms with Gasteiger partial charge in [0.05, 0.1) is 33.8 Å². The average molecular weight is 941 g/mol. The number of allylic oxidation sites excluding steroid dienone is 1. The minimum absolute atomic E-state index is 0.0171. The monoisotopic (exact) mass is 941 g/mol. The van der Waals surface area contributed by atoms with Crippen molar-refractivity contribution in [1.82, 2.24) is 5.32 Å². The van der Waals surface area contributed by atoms with E-state index in [0.717, 1.165) is 57.8 Å². The summed E-state index contributed by atoms with van der Waals surface area (Å²) in [6.07, 6.45) is 50.2. The maximum Gasteiger partial charge on any atom is 0.306 e. The van der Waals surface area contributed by atoms with Crippen LogP contribution in [-0.2, 0) is 27.9 Å². The fourth-order valence-electron chi connectivity index (χ4n) is 8.35. The predicted molar refractivity (Wildman–Crippen MR) is 275 cm³/mol. The molecule has 0 rings (SSSR count). The number of quaternary nitrogens is 1.